The van der Waals surface area contributed by atoms with Crippen molar-refractivity contribution in [3.05, 3.63) is 42.1 Å². The molecule has 1 fully saturated rings. The first-order valence-corrected chi connectivity index (χ1v) is 7.43. The Morgan fingerprint density at radius 3 is 2.75 bits per heavy atom. The molecule has 0 saturated carbocycles. The quantitative estimate of drug-likeness (QED) is 0.894. The van der Waals surface area contributed by atoms with E-state index in [2.05, 4.69) is 39.7 Å². The highest BCUT2D eigenvalue weighted by Gasteiger charge is 2.18. The van der Waals surface area contributed by atoms with E-state index in [-0.39, 0.29) is 6.04 Å². The van der Waals surface area contributed by atoms with E-state index in [1.165, 1.54) is 30.2 Å². The van der Waals surface area contributed by atoms with Gasteiger partial charge in [-0.05, 0) is 24.5 Å². The molecule has 2 aromatic rings. The molecule has 2 heterocycles. The predicted molar refractivity (Wildman–Crippen MR) is 82.1 cm³/mol. The minimum absolute atomic E-state index is 0.131. The van der Waals surface area contributed by atoms with Gasteiger partial charge in [-0.15, -0.1) is 0 Å². The molecule has 1 aromatic heterocycles. The fourth-order valence-electron chi connectivity index (χ4n) is 2.90. The van der Waals surface area contributed by atoms with Crippen LogP contribution in [0.2, 0.25) is 0 Å². The van der Waals surface area contributed by atoms with Gasteiger partial charge in [0.1, 0.15) is 0 Å². The molecule has 1 saturated heterocycles. The molecule has 1 unspecified atom stereocenters. The number of benzene rings is 1. The zero-order chi connectivity index (χ0) is 13.8. The summed E-state index contributed by atoms with van der Waals surface area (Å²) in [6.07, 6.45) is 5.71. The average molecular weight is 270 g/mol. The van der Waals surface area contributed by atoms with Gasteiger partial charge in [0, 0.05) is 31.2 Å². The van der Waals surface area contributed by atoms with E-state index in [0.29, 0.717) is 6.54 Å². The van der Waals surface area contributed by atoms with Gasteiger partial charge in [0.05, 0.1) is 11.6 Å². The molecule has 1 aliphatic rings. The highest BCUT2D eigenvalue weighted by atomic mass is 15.5. The zero-order valence-electron chi connectivity index (χ0n) is 11.8. The minimum Gasteiger partial charge on any atom is -0.329 e. The van der Waals surface area contributed by atoms with E-state index < -0.39 is 0 Å². The highest BCUT2D eigenvalue weighted by molar-refractivity contribution is 5.82. The van der Waals surface area contributed by atoms with E-state index in [4.69, 9.17) is 5.73 Å². The van der Waals surface area contributed by atoms with Crippen LogP contribution in [0.5, 0.6) is 0 Å². The van der Waals surface area contributed by atoms with Gasteiger partial charge in [-0.25, -0.2) is 10.4 Å². The summed E-state index contributed by atoms with van der Waals surface area (Å²) in [6.45, 7) is 2.79. The van der Waals surface area contributed by atoms with Crippen molar-refractivity contribution in [1.29, 1.82) is 0 Å². The molecule has 20 heavy (non-hydrogen) atoms. The van der Waals surface area contributed by atoms with E-state index in [9.17, 15) is 0 Å². The Kier molecular flexibility index (Phi) is 4.25. The standard InChI is InChI=1S/C16H22N4/c17-12-15(19-20-10-2-1-3-11-20)14-8-4-6-13-7-5-9-18-16(13)14/h4-9,15,19H,1-3,10-12,17H2. The first-order chi connectivity index (χ1) is 9.88. The molecular weight excluding hydrogens is 248 g/mol. The normalized spacial score (nSPS) is 18.2. The summed E-state index contributed by atoms with van der Waals surface area (Å²) in [5.41, 5.74) is 11.8. The van der Waals surface area contributed by atoms with Crippen LogP contribution in [0, 0.1) is 0 Å². The molecule has 1 aliphatic heterocycles. The van der Waals surface area contributed by atoms with Crippen LogP contribution in [-0.2, 0) is 0 Å². The Bertz CT molecular complexity index is 558. The third-order valence-electron chi connectivity index (χ3n) is 3.97. The van der Waals surface area contributed by atoms with Gasteiger partial charge in [0.15, 0.2) is 0 Å². The van der Waals surface area contributed by atoms with Gasteiger partial charge in [-0.3, -0.25) is 4.98 Å². The molecule has 4 heteroatoms. The molecule has 1 atom stereocenters. The number of hydrogen-bond acceptors (Lipinski definition) is 4. The van der Waals surface area contributed by atoms with Crippen molar-refractivity contribution in [3.8, 4) is 0 Å². The fourth-order valence-corrected chi connectivity index (χ4v) is 2.90. The molecule has 1 aromatic carbocycles. The SMILES string of the molecule is NCC(NN1CCCCC1)c1cccc2cccnc12. The number of nitrogens with zero attached hydrogens (tertiary/aromatic N) is 2. The Morgan fingerprint density at radius 2 is 1.95 bits per heavy atom. The van der Waals surface area contributed by atoms with Gasteiger partial charge in [-0.2, -0.15) is 0 Å². The Labute approximate surface area is 120 Å². The fraction of sp³-hybridized carbons (Fsp3) is 0.438. The second kappa shape index (κ2) is 6.31. The van der Waals surface area contributed by atoms with Gasteiger partial charge >= 0.3 is 0 Å². The summed E-state index contributed by atoms with van der Waals surface area (Å²) in [5.74, 6) is 0. The second-order valence-corrected chi connectivity index (χ2v) is 5.39. The Hall–Kier alpha value is -1.49. The molecular formula is C16H22N4. The number of aromatic nitrogens is 1. The summed E-state index contributed by atoms with van der Waals surface area (Å²) in [7, 11) is 0. The van der Waals surface area contributed by atoms with Gasteiger partial charge < -0.3 is 5.73 Å². The lowest BCUT2D eigenvalue weighted by Crippen LogP contribution is -2.45. The van der Waals surface area contributed by atoms with Crippen molar-refractivity contribution in [2.75, 3.05) is 19.6 Å². The lowest BCUT2D eigenvalue weighted by Gasteiger charge is -2.31. The van der Waals surface area contributed by atoms with Crippen LogP contribution in [-0.4, -0.2) is 29.6 Å². The van der Waals surface area contributed by atoms with Crippen LogP contribution in [0.25, 0.3) is 10.9 Å². The van der Waals surface area contributed by atoms with Crippen molar-refractivity contribution in [2.24, 2.45) is 5.73 Å². The molecule has 3 N–H and O–H groups in total. The molecule has 3 rings (SSSR count). The van der Waals surface area contributed by atoms with Crippen LogP contribution >= 0.6 is 0 Å². The average Bonchev–Trinajstić information content (AvgIpc) is 2.53. The molecule has 0 bridgehead atoms. The van der Waals surface area contributed by atoms with Crippen molar-refractivity contribution in [3.63, 3.8) is 0 Å². The largest absolute Gasteiger partial charge is 0.329 e. The summed E-state index contributed by atoms with van der Waals surface area (Å²) in [4.78, 5) is 4.53. The summed E-state index contributed by atoms with van der Waals surface area (Å²) >= 11 is 0. The maximum absolute atomic E-state index is 6.00. The van der Waals surface area contributed by atoms with E-state index in [0.717, 1.165) is 18.6 Å². The zero-order valence-corrected chi connectivity index (χ0v) is 11.8. The van der Waals surface area contributed by atoms with Gasteiger partial charge in [0.25, 0.3) is 0 Å². The van der Waals surface area contributed by atoms with Crippen LogP contribution in [0.15, 0.2) is 36.5 Å². The van der Waals surface area contributed by atoms with E-state index >= 15 is 0 Å². The number of piperidine rings is 1. The van der Waals surface area contributed by atoms with E-state index in [1.54, 1.807) is 0 Å². The van der Waals surface area contributed by atoms with E-state index in [1.807, 2.05) is 12.3 Å². The lowest BCUT2D eigenvalue weighted by molar-refractivity contribution is 0.130. The summed E-state index contributed by atoms with van der Waals surface area (Å²) in [6, 6.07) is 10.5. The number of pyridine rings is 1. The van der Waals surface area contributed by atoms with Crippen LogP contribution in [0.3, 0.4) is 0 Å². The van der Waals surface area contributed by atoms with Crippen LogP contribution in [0.1, 0.15) is 30.9 Å². The topological polar surface area (TPSA) is 54.2 Å². The lowest BCUT2D eigenvalue weighted by atomic mass is 10.0. The molecule has 0 aliphatic carbocycles. The number of para-hydroxylation sites is 1. The number of hydrogen-bond donors (Lipinski definition) is 2. The molecule has 0 radical (unpaired) electrons. The Balaban J connectivity index is 1.86. The summed E-state index contributed by atoms with van der Waals surface area (Å²) in [5, 5.41) is 3.48. The highest BCUT2D eigenvalue weighted by Crippen LogP contribution is 2.22. The van der Waals surface area contributed by atoms with Gasteiger partial charge in [-0.1, -0.05) is 30.7 Å². The molecule has 106 valence electrons. The first-order valence-electron chi connectivity index (χ1n) is 7.43. The van der Waals surface area contributed by atoms with Crippen molar-refractivity contribution in [1.82, 2.24) is 15.4 Å². The number of nitrogens with one attached hydrogen (secondary N) is 1. The van der Waals surface area contributed by atoms with Crippen LogP contribution < -0.4 is 11.2 Å². The smallest absolute Gasteiger partial charge is 0.0750 e. The number of hydrazine groups is 1. The van der Waals surface area contributed by atoms with Crippen LogP contribution in [0.4, 0.5) is 0 Å². The third-order valence-corrected chi connectivity index (χ3v) is 3.97. The Morgan fingerprint density at radius 1 is 1.15 bits per heavy atom. The molecule has 4 nitrogen and oxygen atoms in total. The second-order valence-electron chi connectivity index (χ2n) is 5.39. The molecule has 0 spiro atoms. The first kappa shape index (κ1) is 13.5. The molecule has 0 amide bonds. The maximum atomic E-state index is 6.00. The maximum Gasteiger partial charge on any atom is 0.0750 e. The number of rotatable bonds is 4. The number of nitrogens with two attached hydrogens (primary N) is 1. The van der Waals surface area contributed by atoms with Crippen molar-refractivity contribution >= 4 is 10.9 Å². The minimum atomic E-state index is 0.131. The number of fused-ring (bicyclic) bond motifs is 1. The third kappa shape index (κ3) is 2.82. The van der Waals surface area contributed by atoms with Crippen molar-refractivity contribution < 1.29 is 0 Å². The predicted octanol–water partition coefficient (Wildman–Crippen LogP) is 2.23. The van der Waals surface area contributed by atoms with Gasteiger partial charge in [0.2, 0.25) is 0 Å². The van der Waals surface area contributed by atoms with Crippen molar-refractivity contribution in [2.45, 2.75) is 25.3 Å². The monoisotopic (exact) mass is 270 g/mol. The summed E-state index contributed by atoms with van der Waals surface area (Å²) < 4.78 is 0.